The quantitative estimate of drug-likeness (QED) is 0.740. The van der Waals surface area contributed by atoms with Gasteiger partial charge in [-0.2, -0.15) is 0 Å². The minimum Gasteiger partial charge on any atom is -0.382 e. The van der Waals surface area contributed by atoms with Crippen molar-refractivity contribution in [2.45, 2.75) is 12.5 Å². The summed E-state index contributed by atoms with van der Waals surface area (Å²) >= 11 is 0. The molecular weight excluding hydrogens is 228 g/mol. The van der Waals surface area contributed by atoms with E-state index in [1.807, 2.05) is 0 Å². The lowest BCUT2D eigenvalue weighted by molar-refractivity contribution is 0.0636. The summed E-state index contributed by atoms with van der Waals surface area (Å²) in [7, 11) is 1.57. The second-order valence-electron chi connectivity index (χ2n) is 3.74. The highest BCUT2D eigenvalue weighted by Gasteiger charge is 2.11. The normalized spacial score (nSPS) is 12.7. The molecule has 3 nitrogen and oxygen atoms in total. The van der Waals surface area contributed by atoms with Crippen LogP contribution in [0.25, 0.3) is 0 Å². The van der Waals surface area contributed by atoms with E-state index in [-0.39, 0.29) is 18.0 Å². The molecule has 2 N–H and O–H groups in total. The fourth-order valence-electron chi connectivity index (χ4n) is 1.42. The molecule has 0 bridgehead atoms. The zero-order valence-corrected chi connectivity index (χ0v) is 9.79. The van der Waals surface area contributed by atoms with Crippen molar-refractivity contribution in [1.29, 1.82) is 0 Å². The molecular formula is C12H17F2NO2. The molecule has 17 heavy (non-hydrogen) atoms. The van der Waals surface area contributed by atoms with Crippen LogP contribution in [0.5, 0.6) is 0 Å². The number of nitrogens with two attached hydrogens (primary N) is 1. The summed E-state index contributed by atoms with van der Waals surface area (Å²) in [4.78, 5) is 0. The van der Waals surface area contributed by atoms with Gasteiger partial charge in [0.15, 0.2) is 11.6 Å². The van der Waals surface area contributed by atoms with E-state index >= 15 is 0 Å². The molecule has 96 valence electrons. The summed E-state index contributed by atoms with van der Waals surface area (Å²) in [5.74, 6) is -1.69. The maximum Gasteiger partial charge on any atom is 0.162 e. The van der Waals surface area contributed by atoms with Crippen molar-refractivity contribution in [3.63, 3.8) is 0 Å². The third-order valence-electron chi connectivity index (χ3n) is 2.28. The van der Waals surface area contributed by atoms with Crippen LogP contribution in [0.4, 0.5) is 8.78 Å². The van der Waals surface area contributed by atoms with E-state index in [9.17, 15) is 8.78 Å². The van der Waals surface area contributed by atoms with Crippen molar-refractivity contribution >= 4 is 0 Å². The van der Waals surface area contributed by atoms with Crippen molar-refractivity contribution in [2.24, 2.45) is 5.73 Å². The van der Waals surface area contributed by atoms with Gasteiger partial charge in [-0.05, 0) is 18.1 Å². The minimum atomic E-state index is -0.852. The number of benzene rings is 1. The first-order valence-corrected chi connectivity index (χ1v) is 5.40. The largest absolute Gasteiger partial charge is 0.382 e. The molecule has 1 atom stereocenters. The lowest BCUT2D eigenvalue weighted by Crippen LogP contribution is -2.29. The molecule has 0 radical (unpaired) electrons. The molecule has 0 heterocycles. The van der Waals surface area contributed by atoms with Crippen LogP contribution >= 0.6 is 0 Å². The molecule has 0 aliphatic rings. The molecule has 1 aromatic carbocycles. The lowest BCUT2D eigenvalue weighted by atomic mass is 10.1. The smallest absolute Gasteiger partial charge is 0.162 e. The van der Waals surface area contributed by atoms with E-state index in [4.69, 9.17) is 15.2 Å². The van der Waals surface area contributed by atoms with Crippen molar-refractivity contribution in [3.8, 4) is 0 Å². The molecule has 5 heteroatoms. The van der Waals surface area contributed by atoms with Crippen LogP contribution in [0.3, 0.4) is 0 Å². The Balaban J connectivity index is 2.39. The van der Waals surface area contributed by atoms with Crippen LogP contribution in [0.15, 0.2) is 18.2 Å². The Hall–Kier alpha value is -1.04. The molecule has 0 amide bonds. The second-order valence-corrected chi connectivity index (χ2v) is 3.74. The third-order valence-corrected chi connectivity index (χ3v) is 2.28. The van der Waals surface area contributed by atoms with Crippen LogP contribution in [-0.2, 0) is 15.9 Å². The van der Waals surface area contributed by atoms with Gasteiger partial charge in [-0.15, -0.1) is 0 Å². The predicted octanol–water partition coefficient (Wildman–Crippen LogP) is 1.50. The highest BCUT2D eigenvalue weighted by molar-refractivity contribution is 5.19. The van der Waals surface area contributed by atoms with Gasteiger partial charge in [0, 0.05) is 13.2 Å². The first-order valence-electron chi connectivity index (χ1n) is 5.40. The summed E-state index contributed by atoms with van der Waals surface area (Å²) in [5, 5.41) is 0. The maximum atomic E-state index is 13.3. The van der Waals surface area contributed by atoms with Gasteiger partial charge in [-0.1, -0.05) is 12.1 Å². The van der Waals surface area contributed by atoms with Crippen LogP contribution < -0.4 is 5.73 Å². The molecule has 0 saturated carbocycles. The van der Waals surface area contributed by atoms with Crippen LogP contribution in [-0.4, -0.2) is 33.0 Å². The highest BCUT2D eigenvalue weighted by atomic mass is 19.2. The summed E-state index contributed by atoms with van der Waals surface area (Å²) in [5.41, 5.74) is 6.02. The van der Waals surface area contributed by atoms with E-state index in [1.54, 1.807) is 7.11 Å². The molecule has 0 fully saturated rings. The van der Waals surface area contributed by atoms with Crippen molar-refractivity contribution in [1.82, 2.24) is 0 Å². The van der Waals surface area contributed by atoms with Gasteiger partial charge in [0.2, 0.25) is 0 Å². The van der Waals surface area contributed by atoms with E-state index < -0.39 is 11.6 Å². The number of methoxy groups -OCH3 is 1. The molecule has 0 aliphatic carbocycles. The third kappa shape index (κ3) is 4.77. The number of hydrogen-bond acceptors (Lipinski definition) is 3. The molecule has 1 aromatic rings. The topological polar surface area (TPSA) is 44.5 Å². The first kappa shape index (κ1) is 14.0. The summed E-state index contributed by atoms with van der Waals surface area (Å²) in [6, 6.07) is 3.71. The zero-order chi connectivity index (χ0) is 12.7. The SMILES string of the molecule is COCCOCC(N)Cc1cccc(F)c1F. The minimum absolute atomic E-state index is 0.247. The van der Waals surface area contributed by atoms with Gasteiger partial charge < -0.3 is 15.2 Å². The van der Waals surface area contributed by atoms with Gasteiger partial charge in [-0.3, -0.25) is 0 Å². The summed E-state index contributed by atoms with van der Waals surface area (Å²) < 4.78 is 36.2. The number of halogens is 2. The van der Waals surface area contributed by atoms with Crippen LogP contribution in [0, 0.1) is 11.6 Å². The van der Waals surface area contributed by atoms with E-state index in [0.29, 0.717) is 19.8 Å². The van der Waals surface area contributed by atoms with Gasteiger partial charge in [0.25, 0.3) is 0 Å². The summed E-state index contributed by atoms with van der Waals surface area (Å²) in [6.45, 7) is 1.22. The Labute approximate surface area is 99.5 Å². The van der Waals surface area contributed by atoms with Gasteiger partial charge in [0.1, 0.15) is 0 Å². The van der Waals surface area contributed by atoms with Crippen LogP contribution in [0.2, 0.25) is 0 Å². The zero-order valence-electron chi connectivity index (χ0n) is 9.79. The Morgan fingerprint density at radius 2 is 2.06 bits per heavy atom. The number of rotatable bonds is 7. The van der Waals surface area contributed by atoms with Gasteiger partial charge in [-0.25, -0.2) is 8.78 Å². The van der Waals surface area contributed by atoms with Crippen molar-refractivity contribution in [2.75, 3.05) is 26.9 Å². The molecule has 0 aromatic heterocycles. The molecule has 1 unspecified atom stereocenters. The fraction of sp³-hybridized carbons (Fsp3) is 0.500. The van der Waals surface area contributed by atoms with Gasteiger partial charge >= 0.3 is 0 Å². The van der Waals surface area contributed by atoms with Crippen LogP contribution in [0.1, 0.15) is 5.56 Å². The van der Waals surface area contributed by atoms with E-state index in [2.05, 4.69) is 0 Å². The fourth-order valence-corrected chi connectivity index (χ4v) is 1.42. The van der Waals surface area contributed by atoms with E-state index in [0.717, 1.165) is 6.07 Å². The Morgan fingerprint density at radius 3 is 2.76 bits per heavy atom. The summed E-state index contributed by atoms with van der Waals surface area (Å²) in [6.07, 6.45) is 0.247. The molecule has 0 saturated heterocycles. The average molecular weight is 245 g/mol. The Kier molecular flexibility index (Phi) is 6.04. The monoisotopic (exact) mass is 245 g/mol. The Bertz CT molecular complexity index is 347. The average Bonchev–Trinajstić information content (AvgIpc) is 2.31. The molecule has 0 aliphatic heterocycles. The Morgan fingerprint density at radius 1 is 1.29 bits per heavy atom. The van der Waals surface area contributed by atoms with Gasteiger partial charge in [0.05, 0.1) is 19.8 Å². The van der Waals surface area contributed by atoms with Crippen molar-refractivity contribution < 1.29 is 18.3 Å². The van der Waals surface area contributed by atoms with Crippen molar-refractivity contribution in [3.05, 3.63) is 35.4 Å². The molecule has 0 spiro atoms. The first-order chi connectivity index (χ1) is 8.15. The second kappa shape index (κ2) is 7.32. The number of hydrogen-bond donors (Lipinski definition) is 1. The van der Waals surface area contributed by atoms with E-state index in [1.165, 1.54) is 12.1 Å². The highest BCUT2D eigenvalue weighted by Crippen LogP contribution is 2.12. The maximum absolute atomic E-state index is 13.3. The predicted molar refractivity (Wildman–Crippen MR) is 60.7 cm³/mol. The molecule has 1 rings (SSSR count). The lowest BCUT2D eigenvalue weighted by Gasteiger charge is -2.12. The number of ether oxygens (including phenoxy) is 2. The standard InChI is InChI=1S/C12H17F2NO2/c1-16-5-6-17-8-10(15)7-9-3-2-4-11(13)12(9)14/h2-4,10H,5-8,15H2,1H3.